The molecule has 0 radical (unpaired) electrons. The second kappa shape index (κ2) is 7.66. The monoisotopic (exact) mass is 332 g/mol. The Labute approximate surface area is 141 Å². The molecule has 1 aliphatic rings. The molecule has 23 heavy (non-hydrogen) atoms. The van der Waals surface area contributed by atoms with Crippen molar-refractivity contribution in [2.24, 2.45) is 5.92 Å². The third-order valence-electron chi connectivity index (χ3n) is 4.18. The Balaban J connectivity index is 1.55. The van der Waals surface area contributed by atoms with Crippen molar-refractivity contribution in [1.29, 1.82) is 0 Å². The summed E-state index contributed by atoms with van der Waals surface area (Å²) >= 11 is 6.19. The van der Waals surface area contributed by atoms with Crippen LogP contribution in [0.15, 0.2) is 36.4 Å². The van der Waals surface area contributed by atoms with E-state index in [4.69, 9.17) is 16.3 Å². The van der Waals surface area contributed by atoms with Gasteiger partial charge in [0.25, 0.3) is 5.91 Å². The van der Waals surface area contributed by atoms with Gasteiger partial charge in [0.1, 0.15) is 5.75 Å². The number of rotatable bonds is 5. The number of fused-ring (bicyclic) bond motifs is 1. The summed E-state index contributed by atoms with van der Waals surface area (Å²) in [5.41, 5.74) is 0. The van der Waals surface area contributed by atoms with Crippen molar-refractivity contribution < 1.29 is 9.53 Å². The average molecular weight is 333 g/mol. The maximum absolute atomic E-state index is 12.0. The van der Waals surface area contributed by atoms with E-state index in [0.717, 1.165) is 30.3 Å². The van der Waals surface area contributed by atoms with E-state index in [9.17, 15) is 4.79 Å². The Morgan fingerprint density at radius 2 is 2.09 bits per heavy atom. The minimum absolute atomic E-state index is 0.0196. The molecule has 0 aliphatic carbocycles. The first-order valence-electron chi connectivity index (χ1n) is 8.01. The number of ether oxygens (including phenoxy) is 1. The van der Waals surface area contributed by atoms with Gasteiger partial charge >= 0.3 is 0 Å². The highest BCUT2D eigenvalue weighted by molar-refractivity contribution is 6.35. The quantitative estimate of drug-likeness (QED) is 0.885. The van der Waals surface area contributed by atoms with Gasteiger partial charge in [-0.25, -0.2) is 0 Å². The summed E-state index contributed by atoms with van der Waals surface area (Å²) in [6.45, 7) is 2.78. The van der Waals surface area contributed by atoms with E-state index < -0.39 is 0 Å². The molecule has 0 aromatic heterocycles. The maximum Gasteiger partial charge on any atom is 0.257 e. The van der Waals surface area contributed by atoms with Crippen LogP contribution in [0.1, 0.15) is 12.8 Å². The normalized spacial score (nSPS) is 17.9. The largest absolute Gasteiger partial charge is 0.483 e. The van der Waals surface area contributed by atoms with Crippen LogP contribution >= 0.6 is 11.6 Å². The second-order valence-corrected chi connectivity index (χ2v) is 6.30. The zero-order valence-electron chi connectivity index (χ0n) is 13.0. The lowest BCUT2D eigenvalue weighted by molar-refractivity contribution is -0.123. The zero-order chi connectivity index (χ0) is 16.1. The number of amides is 1. The summed E-state index contributed by atoms with van der Waals surface area (Å²) in [6.07, 6.45) is 2.34. The molecule has 1 heterocycles. The van der Waals surface area contributed by atoms with E-state index in [1.807, 2.05) is 30.3 Å². The van der Waals surface area contributed by atoms with Crippen LogP contribution < -0.4 is 15.4 Å². The van der Waals surface area contributed by atoms with Crippen molar-refractivity contribution in [1.82, 2.24) is 10.6 Å². The van der Waals surface area contributed by atoms with Gasteiger partial charge in [0.05, 0.1) is 0 Å². The van der Waals surface area contributed by atoms with Crippen LogP contribution in [-0.4, -0.2) is 32.1 Å². The number of nitrogens with one attached hydrogen (secondary N) is 2. The van der Waals surface area contributed by atoms with Crippen LogP contribution in [0.2, 0.25) is 5.02 Å². The Morgan fingerprint density at radius 3 is 2.87 bits per heavy atom. The van der Waals surface area contributed by atoms with Crippen molar-refractivity contribution in [2.75, 3.05) is 26.2 Å². The Bertz CT molecular complexity index is 684. The van der Waals surface area contributed by atoms with Gasteiger partial charge in [-0.2, -0.15) is 0 Å². The molecule has 1 amide bonds. The van der Waals surface area contributed by atoms with Gasteiger partial charge in [0, 0.05) is 22.3 Å². The van der Waals surface area contributed by atoms with Crippen molar-refractivity contribution in [2.45, 2.75) is 12.8 Å². The molecule has 4 nitrogen and oxygen atoms in total. The second-order valence-electron chi connectivity index (χ2n) is 5.90. The average Bonchev–Trinajstić information content (AvgIpc) is 2.60. The number of hydrogen-bond donors (Lipinski definition) is 2. The number of benzene rings is 2. The molecule has 1 unspecified atom stereocenters. The number of hydrogen-bond acceptors (Lipinski definition) is 3. The molecule has 122 valence electrons. The van der Waals surface area contributed by atoms with Gasteiger partial charge in [0.2, 0.25) is 0 Å². The number of carbonyl (C=O) groups is 1. The molecule has 0 spiro atoms. The standard InChI is InChI=1S/C18H21ClN2O2/c19-16-7-8-17(15-6-2-1-5-14(15)16)23-12-18(22)21-11-13-4-3-9-20-10-13/h1-2,5-8,13,20H,3-4,9-12H2,(H,21,22). The molecule has 2 aromatic rings. The fourth-order valence-corrected chi connectivity index (χ4v) is 3.14. The molecule has 1 fully saturated rings. The van der Waals surface area contributed by atoms with E-state index in [1.165, 1.54) is 6.42 Å². The van der Waals surface area contributed by atoms with Crippen LogP contribution in [0.25, 0.3) is 10.8 Å². The lowest BCUT2D eigenvalue weighted by Gasteiger charge is -2.22. The van der Waals surface area contributed by atoms with E-state index in [2.05, 4.69) is 10.6 Å². The van der Waals surface area contributed by atoms with E-state index in [0.29, 0.717) is 23.2 Å². The van der Waals surface area contributed by atoms with E-state index in [-0.39, 0.29) is 12.5 Å². The third-order valence-corrected chi connectivity index (χ3v) is 4.51. The van der Waals surface area contributed by atoms with E-state index >= 15 is 0 Å². The predicted molar refractivity (Wildman–Crippen MR) is 93.1 cm³/mol. The summed E-state index contributed by atoms with van der Waals surface area (Å²) in [4.78, 5) is 12.0. The summed E-state index contributed by atoms with van der Waals surface area (Å²) in [6, 6.07) is 11.4. The lowest BCUT2D eigenvalue weighted by Crippen LogP contribution is -2.39. The molecule has 1 atom stereocenters. The molecular formula is C18H21ClN2O2. The molecule has 2 aromatic carbocycles. The Morgan fingerprint density at radius 1 is 1.26 bits per heavy atom. The smallest absolute Gasteiger partial charge is 0.257 e. The van der Waals surface area contributed by atoms with Gasteiger partial charge < -0.3 is 15.4 Å². The van der Waals surface area contributed by atoms with Crippen LogP contribution in [0.5, 0.6) is 5.75 Å². The molecule has 0 bridgehead atoms. The Hall–Kier alpha value is -1.78. The van der Waals surface area contributed by atoms with Crippen LogP contribution in [-0.2, 0) is 4.79 Å². The highest BCUT2D eigenvalue weighted by Gasteiger charge is 2.14. The topological polar surface area (TPSA) is 50.4 Å². The van der Waals surface area contributed by atoms with Gasteiger partial charge in [-0.3, -0.25) is 4.79 Å². The first kappa shape index (κ1) is 16.1. The highest BCUT2D eigenvalue weighted by Crippen LogP contribution is 2.31. The van der Waals surface area contributed by atoms with E-state index in [1.54, 1.807) is 6.07 Å². The first-order chi connectivity index (χ1) is 11.2. The minimum Gasteiger partial charge on any atom is -0.483 e. The Kier molecular flexibility index (Phi) is 5.36. The fourth-order valence-electron chi connectivity index (χ4n) is 2.91. The minimum atomic E-state index is -0.0883. The van der Waals surface area contributed by atoms with Crippen LogP contribution in [0.4, 0.5) is 0 Å². The molecule has 0 saturated carbocycles. The van der Waals surface area contributed by atoms with Crippen molar-refractivity contribution in [3.8, 4) is 5.75 Å². The van der Waals surface area contributed by atoms with Gasteiger partial charge in [-0.15, -0.1) is 0 Å². The fraction of sp³-hybridized carbons (Fsp3) is 0.389. The molecular weight excluding hydrogens is 312 g/mol. The first-order valence-corrected chi connectivity index (χ1v) is 8.39. The summed E-state index contributed by atoms with van der Waals surface area (Å²) in [7, 11) is 0. The third kappa shape index (κ3) is 4.15. The van der Waals surface area contributed by atoms with Crippen molar-refractivity contribution in [3.63, 3.8) is 0 Å². The van der Waals surface area contributed by atoms with Gasteiger partial charge in [-0.1, -0.05) is 35.9 Å². The maximum atomic E-state index is 12.0. The van der Waals surface area contributed by atoms with Crippen molar-refractivity contribution in [3.05, 3.63) is 41.4 Å². The summed E-state index contributed by atoms with van der Waals surface area (Å²) in [5.74, 6) is 1.11. The number of carbonyl (C=O) groups excluding carboxylic acids is 1. The highest BCUT2D eigenvalue weighted by atomic mass is 35.5. The molecule has 2 N–H and O–H groups in total. The molecule has 1 saturated heterocycles. The predicted octanol–water partition coefficient (Wildman–Crippen LogP) is 2.99. The zero-order valence-corrected chi connectivity index (χ0v) is 13.7. The van der Waals surface area contributed by atoms with Crippen molar-refractivity contribution >= 4 is 28.3 Å². The number of piperidine rings is 1. The SMILES string of the molecule is O=C(COc1ccc(Cl)c2ccccc12)NCC1CCCNC1. The molecule has 5 heteroatoms. The van der Waals surface area contributed by atoms with Gasteiger partial charge in [-0.05, 0) is 44.0 Å². The molecule has 3 rings (SSSR count). The van der Waals surface area contributed by atoms with Crippen LogP contribution in [0, 0.1) is 5.92 Å². The summed E-state index contributed by atoms with van der Waals surface area (Å²) in [5, 5.41) is 8.83. The number of halogens is 1. The molecule has 1 aliphatic heterocycles. The van der Waals surface area contributed by atoms with Crippen LogP contribution in [0.3, 0.4) is 0 Å². The summed E-state index contributed by atoms with van der Waals surface area (Å²) < 4.78 is 5.69. The lowest BCUT2D eigenvalue weighted by atomic mass is 10.00. The van der Waals surface area contributed by atoms with Gasteiger partial charge in [0.15, 0.2) is 6.61 Å².